The van der Waals surface area contributed by atoms with Gasteiger partial charge in [0.15, 0.2) is 11.5 Å². The van der Waals surface area contributed by atoms with E-state index in [0.717, 1.165) is 5.56 Å². The van der Waals surface area contributed by atoms with Crippen molar-refractivity contribution in [3.63, 3.8) is 0 Å². The van der Waals surface area contributed by atoms with Crippen molar-refractivity contribution in [2.24, 2.45) is 0 Å². The number of amides is 3. The van der Waals surface area contributed by atoms with Crippen LogP contribution in [0.15, 0.2) is 54.7 Å². The van der Waals surface area contributed by atoms with E-state index in [1.165, 1.54) is 7.11 Å². The van der Waals surface area contributed by atoms with E-state index >= 15 is 0 Å². The van der Waals surface area contributed by atoms with Crippen molar-refractivity contribution in [3.05, 3.63) is 71.5 Å². The van der Waals surface area contributed by atoms with Gasteiger partial charge < -0.3 is 25.4 Å². The van der Waals surface area contributed by atoms with Crippen molar-refractivity contribution in [2.45, 2.75) is 51.4 Å². The third-order valence-corrected chi connectivity index (χ3v) is 6.15. The van der Waals surface area contributed by atoms with Crippen LogP contribution in [0, 0.1) is 0 Å². The minimum Gasteiger partial charge on any atom is -0.493 e. The molecular formula is C27H32N6O5. The molecule has 11 heteroatoms. The molecule has 2 aromatic carbocycles. The summed E-state index contributed by atoms with van der Waals surface area (Å²) in [5.41, 5.74) is 1.78. The SMILES string of the molecule is CCC[C@@H]1NC(=O)c2ccc(c(OC)c2)OCCn2cc(nn2)CNC(=O)[C@H](Cc2ccccc2)NC1=O. The first-order chi connectivity index (χ1) is 18.5. The normalized spacial score (nSPS) is 18.7. The summed E-state index contributed by atoms with van der Waals surface area (Å²) in [4.78, 5) is 39.6. The number of nitrogens with one attached hydrogen (secondary N) is 3. The van der Waals surface area contributed by atoms with Crippen LogP contribution in [-0.2, 0) is 29.1 Å². The molecule has 3 aromatic rings. The van der Waals surface area contributed by atoms with Gasteiger partial charge in [-0.15, -0.1) is 5.10 Å². The van der Waals surface area contributed by atoms with Gasteiger partial charge in [0.2, 0.25) is 11.8 Å². The maximum atomic E-state index is 13.3. The van der Waals surface area contributed by atoms with E-state index in [2.05, 4.69) is 26.3 Å². The molecule has 0 spiro atoms. The highest BCUT2D eigenvalue weighted by atomic mass is 16.5. The Morgan fingerprint density at radius 1 is 1.05 bits per heavy atom. The molecule has 4 bridgehead atoms. The van der Waals surface area contributed by atoms with Crippen LogP contribution in [0.2, 0.25) is 0 Å². The Balaban J connectivity index is 1.63. The number of carbonyl (C=O) groups excluding carboxylic acids is 3. The monoisotopic (exact) mass is 520 g/mol. The van der Waals surface area contributed by atoms with Crippen molar-refractivity contribution in [2.75, 3.05) is 13.7 Å². The molecule has 0 radical (unpaired) electrons. The van der Waals surface area contributed by atoms with Crippen LogP contribution in [0.3, 0.4) is 0 Å². The molecule has 2 atom stereocenters. The number of ether oxygens (including phenoxy) is 2. The zero-order chi connectivity index (χ0) is 26.9. The molecule has 0 saturated heterocycles. The summed E-state index contributed by atoms with van der Waals surface area (Å²) in [6, 6.07) is 12.6. The largest absolute Gasteiger partial charge is 0.493 e. The number of hydrogen-bond acceptors (Lipinski definition) is 7. The van der Waals surface area contributed by atoms with Crippen molar-refractivity contribution in [1.29, 1.82) is 0 Å². The van der Waals surface area contributed by atoms with Gasteiger partial charge in [-0.25, -0.2) is 4.68 Å². The molecule has 11 nitrogen and oxygen atoms in total. The third kappa shape index (κ3) is 6.87. The number of nitrogens with zero attached hydrogens (tertiary/aromatic N) is 3. The first kappa shape index (κ1) is 26.6. The molecule has 2 aliphatic rings. The van der Waals surface area contributed by atoms with E-state index in [1.807, 2.05) is 37.3 Å². The Kier molecular flexibility index (Phi) is 8.91. The van der Waals surface area contributed by atoms with Gasteiger partial charge in [-0.3, -0.25) is 14.4 Å². The summed E-state index contributed by atoms with van der Waals surface area (Å²) in [7, 11) is 1.49. The highest BCUT2D eigenvalue weighted by Crippen LogP contribution is 2.28. The molecule has 3 heterocycles. The fourth-order valence-corrected chi connectivity index (χ4v) is 4.14. The second-order valence-corrected chi connectivity index (χ2v) is 8.97. The van der Waals surface area contributed by atoms with Crippen LogP contribution in [0.1, 0.15) is 41.4 Å². The maximum absolute atomic E-state index is 13.3. The van der Waals surface area contributed by atoms with E-state index in [9.17, 15) is 14.4 Å². The van der Waals surface area contributed by atoms with E-state index in [4.69, 9.17) is 9.47 Å². The third-order valence-electron chi connectivity index (χ3n) is 6.15. The van der Waals surface area contributed by atoms with Crippen molar-refractivity contribution in [1.82, 2.24) is 30.9 Å². The Hall–Kier alpha value is -4.41. The number of fused-ring (bicyclic) bond motifs is 12. The molecule has 3 N–H and O–H groups in total. The quantitative estimate of drug-likeness (QED) is 0.435. The van der Waals surface area contributed by atoms with Crippen molar-refractivity contribution < 1.29 is 23.9 Å². The predicted octanol–water partition coefficient (Wildman–Crippen LogP) is 1.62. The van der Waals surface area contributed by atoms with Gasteiger partial charge in [0.25, 0.3) is 5.91 Å². The van der Waals surface area contributed by atoms with Gasteiger partial charge in [-0.2, -0.15) is 0 Å². The van der Waals surface area contributed by atoms with Crippen LogP contribution in [0.25, 0.3) is 0 Å². The summed E-state index contributed by atoms with van der Waals surface area (Å²) in [5, 5.41) is 16.7. The first-order valence-corrected chi connectivity index (χ1v) is 12.6. The first-order valence-electron chi connectivity index (χ1n) is 12.6. The molecule has 2 aliphatic heterocycles. The molecule has 200 valence electrons. The predicted molar refractivity (Wildman–Crippen MR) is 139 cm³/mol. The van der Waals surface area contributed by atoms with Gasteiger partial charge in [0.1, 0.15) is 24.4 Å². The number of aromatic nitrogens is 3. The number of carbonyl (C=O) groups is 3. The summed E-state index contributed by atoms with van der Waals surface area (Å²) in [6.07, 6.45) is 3.06. The molecule has 1 aromatic heterocycles. The lowest BCUT2D eigenvalue weighted by Gasteiger charge is -2.23. The molecule has 38 heavy (non-hydrogen) atoms. The zero-order valence-corrected chi connectivity index (χ0v) is 21.5. The second-order valence-electron chi connectivity index (χ2n) is 8.97. The Morgan fingerprint density at radius 3 is 2.63 bits per heavy atom. The second kappa shape index (κ2) is 12.7. The number of benzene rings is 2. The molecule has 3 amide bonds. The van der Waals surface area contributed by atoms with E-state index in [-0.39, 0.29) is 25.5 Å². The average molecular weight is 521 g/mol. The molecular weight excluding hydrogens is 488 g/mol. The van der Waals surface area contributed by atoms with E-state index in [1.54, 1.807) is 29.1 Å². The average Bonchev–Trinajstić information content (AvgIpc) is 3.38. The lowest BCUT2D eigenvalue weighted by molar-refractivity contribution is -0.130. The van der Waals surface area contributed by atoms with Crippen molar-refractivity contribution in [3.8, 4) is 11.5 Å². The highest BCUT2D eigenvalue weighted by molar-refractivity contribution is 5.98. The van der Waals surface area contributed by atoms with Gasteiger partial charge in [0.05, 0.1) is 26.4 Å². The zero-order valence-electron chi connectivity index (χ0n) is 21.5. The minimum absolute atomic E-state index is 0.144. The summed E-state index contributed by atoms with van der Waals surface area (Å²) >= 11 is 0. The van der Waals surface area contributed by atoms with Crippen LogP contribution >= 0.6 is 0 Å². The molecule has 0 aliphatic carbocycles. The highest BCUT2D eigenvalue weighted by Gasteiger charge is 2.27. The lowest BCUT2D eigenvalue weighted by Crippen LogP contribution is -2.54. The Bertz CT molecular complexity index is 1260. The summed E-state index contributed by atoms with van der Waals surface area (Å²) < 4.78 is 12.9. The Labute approximate surface area is 220 Å². The molecule has 0 unspecified atom stereocenters. The Morgan fingerprint density at radius 2 is 1.87 bits per heavy atom. The summed E-state index contributed by atoms with van der Waals surface area (Å²) in [6.45, 7) is 2.76. The van der Waals surface area contributed by atoms with Gasteiger partial charge in [-0.05, 0) is 30.2 Å². The van der Waals surface area contributed by atoms with Gasteiger partial charge >= 0.3 is 0 Å². The molecule has 0 fully saturated rings. The molecule has 5 rings (SSSR count). The minimum atomic E-state index is -0.855. The van der Waals surface area contributed by atoms with Crippen LogP contribution in [0.5, 0.6) is 11.5 Å². The van der Waals surface area contributed by atoms with Crippen LogP contribution in [0.4, 0.5) is 0 Å². The number of methoxy groups -OCH3 is 1. The topological polar surface area (TPSA) is 136 Å². The fourth-order valence-electron chi connectivity index (χ4n) is 4.14. The van der Waals surface area contributed by atoms with E-state index < -0.39 is 23.9 Å². The standard InChI is InChI=1S/C27H32N6O5/c1-3-7-21-27(36)30-22(14-18-8-5-4-6-9-18)26(35)28-16-20-17-33(32-31-20)12-13-38-23-11-10-19(25(34)29-21)15-24(23)37-2/h4-6,8-11,15,17,21-22H,3,7,12-14,16H2,1-2H3,(H,28,35)(H,29,34)(H,30,36)/t21-,22-/m0/s1. The summed E-state index contributed by atoms with van der Waals surface area (Å²) in [5.74, 6) is -0.364. The lowest BCUT2D eigenvalue weighted by atomic mass is 10.0. The molecule has 0 saturated carbocycles. The number of rotatable bonds is 5. The van der Waals surface area contributed by atoms with Gasteiger partial charge in [-0.1, -0.05) is 48.9 Å². The van der Waals surface area contributed by atoms with E-state index in [0.29, 0.717) is 42.1 Å². The maximum Gasteiger partial charge on any atom is 0.252 e. The number of hydrogen-bond donors (Lipinski definition) is 3. The fraction of sp³-hybridized carbons (Fsp3) is 0.370. The van der Waals surface area contributed by atoms with Crippen LogP contribution < -0.4 is 25.4 Å². The smallest absolute Gasteiger partial charge is 0.252 e. The van der Waals surface area contributed by atoms with Crippen LogP contribution in [-0.4, -0.2) is 58.5 Å². The van der Waals surface area contributed by atoms with Crippen molar-refractivity contribution >= 4 is 17.7 Å². The van der Waals surface area contributed by atoms with Gasteiger partial charge in [0, 0.05) is 12.0 Å².